The predicted molar refractivity (Wildman–Crippen MR) is 66.2 cm³/mol. The second-order valence-corrected chi connectivity index (χ2v) is 3.84. The maximum atomic E-state index is 9.00. The summed E-state index contributed by atoms with van der Waals surface area (Å²) in [6, 6.07) is 9.84. The summed E-state index contributed by atoms with van der Waals surface area (Å²) >= 11 is 0. The van der Waals surface area contributed by atoms with E-state index in [0.29, 0.717) is 18.7 Å². The average Bonchev–Trinajstić information content (AvgIpc) is 2.81. The zero-order valence-corrected chi connectivity index (χ0v) is 10.4. The second-order valence-electron chi connectivity index (χ2n) is 3.84. The van der Waals surface area contributed by atoms with Gasteiger partial charge in [-0.15, -0.1) is 5.10 Å². The van der Waals surface area contributed by atoms with Crippen LogP contribution >= 0.6 is 0 Å². The number of nitrogens with zero attached hydrogens (tertiary/aromatic N) is 4. The van der Waals surface area contributed by atoms with Crippen LogP contribution in [-0.4, -0.2) is 22.1 Å². The SMILES string of the molecule is CCn1nnc(C#N)c1Cc1ccc(OC)cc1. The van der Waals surface area contributed by atoms with Crippen molar-refractivity contribution in [3.63, 3.8) is 0 Å². The van der Waals surface area contributed by atoms with E-state index < -0.39 is 0 Å². The summed E-state index contributed by atoms with van der Waals surface area (Å²) in [6.07, 6.45) is 0.647. The molecule has 0 fully saturated rings. The van der Waals surface area contributed by atoms with Crippen molar-refractivity contribution in [1.82, 2.24) is 15.0 Å². The number of ether oxygens (including phenoxy) is 1. The van der Waals surface area contributed by atoms with E-state index in [9.17, 15) is 0 Å². The summed E-state index contributed by atoms with van der Waals surface area (Å²) in [7, 11) is 1.64. The van der Waals surface area contributed by atoms with Crippen LogP contribution < -0.4 is 4.74 Å². The third-order valence-electron chi connectivity index (χ3n) is 2.77. The van der Waals surface area contributed by atoms with Gasteiger partial charge in [0.15, 0.2) is 5.69 Å². The molecule has 0 aliphatic heterocycles. The van der Waals surface area contributed by atoms with Gasteiger partial charge in [0.25, 0.3) is 0 Å². The van der Waals surface area contributed by atoms with E-state index in [1.54, 1.807) is 11.8 Å². The highest BCUT2D eigenvalue weighted by molar-refractivity contribution is 5.33. The van der Waals surface area contributed by atoms with Crippen LogP contribution in [0.5, 0.6) is 5.75 Å². The smallest absolute Gasteiger partial charge is 0.186 e. The Labute approximate surface area is 106 Å². The van der Waals surface area contributed by atoms with Gasteiger partial charge in [-0.25, -0.2) is 4.68 Å². The van der Waals surface area contributed by atoms with Crippen LogP contribution in [0.4, 0.5) is 0 Å². The standard InChI is InChI=1S/C13H14N4O/c1-3-17-13(12(9-14)15-16-17)8-10-4-6-11(18-2)7-5-10/h4-7H,3,8H2,1-2H3. The number of hydrogen-bond acceptors (Lipinski definition) is 4. The van der Waals surface area contributed by atoms with E-state index in [4.69, 9.17) is 10.00 Å². The molecule has 0 unspecified atom stereocenters. The normalized spacial score (nSPS) is 10.1. The summed E-state index contributed by atoms with van der Waals surface area (Å²) in [5, 5.41) is 16.8. The van der Waals surface area contributed by atoms with E-state index in [-0.39, 0.29) is 0 Å². The number of aromatic nitrogens is 3. The fourth-order valence-electron chi connectivity index (χ4n) is 1.79. The minimum Gasteiger partial charge on any atom is -0.497 e. The Bertz CT molecular complexity index is 566. The molecule has 0 atom stereocenters. The van der Waals surface area contributed by atoms with Gasteiger partial charge in [-0.2, -0.15) is 5.26 Å². The quantitative estimate of drug-likeness (QED) is 0.819. The van der Waals surface area contributed by atoms with E-state index in [1.165, 1.54) is 0 Å². The van der Waals surface area contributed by atoms with Gasteiger partial charge < -0.3 is 4.74 Å². The Balaban J connectivity index is 2.27. The number of hydrogen-bond donors (Lipinski definition) is 0. The van der Waals surface area contributed by atoms with Gasteiger partial charge >= 0.3 is 0 Å². The summed E-state index contributed by atoms with van der Waals surface area (Å²) in [4.78, 5) is 0. The van der Waals surface area contributed by atoms with Gasteiger partial charge in [-0.3, -0.25) is 0 Å². The third-order valence-corrected chi connectivity index (χ3v) is 2.77. The van der Waals surface area contributed by atoms with Crippen molar-refractivity contribution in [2.24, 2.45) is 0 Å². The van der Waals surface area contributed by atoms with Crippen LogP contribution in [0.25, 0.3) is 0 Å². The second kappa shape index (κ2) is 5.32. The molecule has 0 aliphatic rings. The lowest BCUT2D eigenvalue weighted by Crippen LogP contribution is -2.04. The van der Waals surface area contributed by atoms with E-state index in [2.05, 4.69) is 16.4 Å². The van der Waals surface area contributed by atoms with Gasteiger partial charge in [0.2, 0.25) is 0 Å². The van der Waals surface area contributed by atoms with Gasteiger partial charge in [0.1, 0.15) is 11.8 Å². The van der Waals surface area contributed by atoms with Crippen molar-refractivity contribution in [3.05, 3.63) is 41.2 Å². The van der Waals surface area contributed by atoms with Crippen LogP contribution in [0, 0.1) is 11.3 Å². The number of benzene rings is 1. The van der Waals surface area contributed by atoms with Gasteiger partial charge in [0.05, 0.1) is 12.8 Å². The first kappa shape index (κ1) is 12.1. The third kappa shape index (κ3) is 2.33. The van der Waals surface area contributed by atoms with E-state index in [1.807, 2.05) is 31.2 Å². The minimum absolute atomic E-state index is 0.396. The lowest BCUT2D eigenvalue weighted by atomic mass is 10.1. The molecule has 0 saturated heterocycles. The van der Waals surface area contributed by atoms with Crippen LogP contribution in [0.1, 0.15) is 23.9 Å². The monoisotopic (exact) mass is 242 g/mol. The molecular formula is C13H14N4O. The Morgan fingerprint density at radius 1 is 1.33 bits per heavy atom. The molecule has 0 spiro atoms. The Kier molecular flexibility index (Phi) is 3.58. The number of rotatable bonds is 4. The number of nitriles is 1. The summed E-state index contributed by atoms with van der Waals surface area (Å²) in [5.41, 5.74) is 2.35. The fourth-order valence-corrected chi connectivity index (χ4v) is 1.79. The predicted octanol–water partition coefficient (Wildman–Crippen LogP) is 1.77. The molecular weight excluding hydrogens is 228 g/mol. The summed E-state index contributed by atoms with van der Waals surface area (Å²) in [5.74, 6) is 0.821. The molecule has 2 rings (SSSR count). The molecule has 0 N–H and O–H groups in total. The van der Waals surface area contributed by atoms with Crippen molar-refractivity contribution in [1.29, 1.82) is 5.26 Å². The maximum Gasteiger partial charge on any atom is 0.186 e. The van der Waals surface area contributed by atoms with E-state index in [0.717, 1.165) is 17.0 Å². The molecule has 5 heteroatoms. The highest BCUT2D eigenvalue weighted by atomic mass is 16.5. The first-order valence-corrected chi connectivity index (χ1v) is 5.74. The van der Waals surface area contributed by atoms with Crippen molar-refractivity contribution >= 4 is 0 Å². The van der Waals surface area contributed by atoms with E-state index >= 15 is 0 Å². The molecule has 1 heterocycles. The molecule has 0 amide bonds. The molecule has 18 heavy (non-hydrogen) atoms. The van der Waals surface area contributed by atoms with Gasteiger partial charge in [0, 0.05) is 13.0 Å². The van der Waals surface area contributed by atoms with Crippen LogP contribution in [0.3, 0.4) is 0 Å². The average molecular weight is 242 g/mol. The molecule has 5 nitrogen and oxygen atoms in total. The van der Waals surface area contributed by atoms with Crippen LogP contribution in [0.2, 0.25) is 0 Å². The van der Waals surface area contributed by atoms with Gasteiger partial charge in [-0.05, 0) is 24.6 Å². The highest BCUT2D eigenvalue weighted by Crippen LogP contribution is 2.16. The molecule has 0 saturated carbocycles. The molecule has 92 valence electrons. The molecule has 0 bridgehead atoms. The number of methoxy groups -OCH3 is 1. The Hall–Kier alpha value is -2.35. The molecule has 0 radical (unpaired) electrons. The first-order chi connectivity index (χ1) is 8.78. The topological polar surface area (TPSA) is 63.7 Å². The van der Waals surface area contributed by atoms with Crippen molar-refractivity contribution in [3.8, 4) is 11.8 Å². The lowest BCUT2D eigenvalue weighted by Gasteiger charge is -2.05. The Morgan fingerprint density at radius 2 is 2.06 bits per heavy atom. The largest absolute Gasteiger partial charge is 0.497 e. The Morgan fingerprint density at radius 3 is 2.61 bits per heavy atom. The first-order valence-electron chi connectivity index (χ1n) is 5.74. The number of aryl methyl sites for hydroxylation is 1. The lowest BCUT2D eigenvalue weighted by molar-refractivity contribution is 0.414. The van der Waals surface area contributed by atoms with Crippen molar-refractivity contribution in [2.75, 3.05) is 7.11 Å². The zero-order chi connectivity index (χ0) is 13.0. The molecule has 2 aromatic rings. The summed E-state index contributed by atoms with van der Waals surface area (Å²) < 4.78 is 6.86. The zero-order valence-electron chi connectivity index (χ0n) is 10.4. The molecule has 0 aliphatic carbocycles. The molecule has 1 aromatic heterocycles. The van der Waals surface area contributed by atoms with Crippen molar-refractivity contribution < 1.29 is 4.74 Å². The summed E-state index contributed by atoms with van der Waals surface area (Å²) in [6.45, 7) is 2.69. The van der Waals surface area contributed by atoms with Gasteiger partial charge in [-0.1, -0.05) is 17.3 Å². The van der Waals surface area contributed by atoms with Crippen LogP contribution in [0.15, 0.2) is 24.3 Å². The molecule has 1 aromatic carbocycles. The van der Waals surface area contributed by atoms with Crippen molar-refractivity contribution in [2.45, 2.75) is 19.9 Å². The fraction of sp³-hybridized carbons (Fsp3) is 0.308. The maximum absolute atomic E-state index is 9.00. The van der Waals surface area contributed by atoms with Crippen LogP contribution in [-0.2, 0) is 13.0 Å². The highest BCUT2D eigenvalue weighted by Gasteiger charge is 2.11. The minimum atomic E-state index is 0.396.